The van der Waals surface area contributed by atoms with Crippen molar-refractivity contribution in [3.05, 3.63) is 28.5 Å². The second-order valence-corrected chi connectivity index (χ2v) is 2.92. The van der Waals surface area contributed by atoms with Gasteiger partial charge in [-0.2, -0.15) is 0 Å². The average Bonchev–Trinajstić information content (AvgIpc) is 2.03. The number of rotatable bonds is 2. The highest BCUT2D eigenvalue weighted by Crippen LogP contribution is 2.25. The summed E-state index contributed by atoms with van der Waals surface area (Å²) in [4.78, 5) is 0. The maximum Gasteiger partial charge on any atom is 0.148 e. The van der Waals surface area contributed by atoms with Crippen LogP contribution in [0.1, 0.15) is 0 Å². The van der Waals surface area contributed by atoms with Crippen LogP contribution in [0.15, 0.2) is 22.7 Å². The molecule has 0 heterocycles. The SMILES string of the molecule is C#CCOc1ccc(F)cc1Br. The molecule has 0 aliphatic heterocycles. The van der Waals surface area contributed by atoms with Crippen molar-refractivity contribution in [2.24, 2.45) is 0 Å². The zero-order chi connectivity index (χ0) is 8.97. The van der Waals surface area contributed by atoms with Crippen molar-refractivity contribution < 1.29 is 9.13 Å². The van der Waals surface area contributed by atoms with Gasteiger partial charge in [0.2, 0.25) is 0 Å². The molecule has 0 spiro atoms. The standard InChI is InChI=1S/C9H6BrFO/c1-2-5-12-9-4-3-7(11)6-8(9)10/h1,3-4,6H,5H2. The maximum atomic E-state index is 12.5. The summed E-state index contributed by atoms with van der Waals surface area (Å²) in [6.45, 7) is 0.185. The van der Waals surface area contributed by atoms with Crippen LogP contribution in [0.5, 0.6) is 5.75 Å². The third-order valence-electron chi connectivity index (χ3n) is 1.20. The minimum atomic E-state index is -0.310. The molecule has 0 bridgehead atoms. The molecule has 1 aromatic carbocycles. The zero-order valence-electron chi connectivity index (χ0n) is 6.18. The van der Waals surface area contributed by atoms with Gasteiger partial charge in [0.25, 0.3) is 0 Å². The van der Waals surface area contributed by atoms with E-state index in [0.29, 0.717) is 10.2 Å². The van der Waals surface area contributed by atoms with Gasteiger partial charge in [-0.05, 0) is 34.1 Å². The van der Waals surface area contributed by atoms with E-state index in [-0.39, 0.29) is 12.4 Å². The van der Waals surface area contributed by atoms with Crippen molar-refractivity contribution in [1.29, 1.82) is 0 Å². The van der Waals surface area contributed by atoms with Gasteiger partial charge in [0.15, 0.2) is 0 Å². The summed E-state index contributed by atoms with van der Waals surface area (Å²) in [5, 5.41) is 0. The predicted octanol–water partition coefficient (Wildman–Crippen LogP) is 2.60. The Balaban J connectivity index is 2.81. The number of hydrogen-bond acceptors (Lipinski definition) is 1. The summed E-state index contributed by atoms with van der Waals surface area (Å²) in [5.74, 6) is 2.56. The first-order valence-corrected chi connectivity index (χ1v) is 4.04. The molecular formula is C9H6BrFO. The topological polar surface area (TPSA) is 9.23 Å². The highest BCUT2D eigenvalue weighted by atomic mass is 79.9. The smallest absolute Gasteiger partial charge is 0.148 e. The van der Waals surface area contributed by atoms with Crippen LogP contribution in [0.4, 0.5) is 4.39 Å². The maximum absolute atomic E-state index is 12.5. The van der Waals surface area contributed by atoms with E-state index in [2.05, 4.69) is 21.9 Å². The lowest BCUT2D eigenvalue weighted by molar-refractivity contribution is 0.367. The van der Waals surface area contributed by atoms with Gasteiger partial charge in [-0.1, -0.05) is 5.92 Å². The molecule has 3 heteroatoms. The summed E-state index contributed by atoms with van der Waals surface area (Å²) in [5.41, 5.74) is 0. The Morgan fingerprint density at radius 2 is 2.33 bits per heavy atom. The fraction of sp³-hybridized carbons (Fsp3) is 0.111. The normalized spacial score (nSPS) is 9.08. The third kappa shape index (κ3) is 2.24. The van der Waals surface area contributed by atoms with Crippen molar-refractivity contribution >= 4 is 15.9 Å². The van der Waals surface area contributed by atoms with Crippen LogP contribution in [0.25, 0.3) is 0 Å². The van der Waals surface area contributed by atoms with Gasteiger partial charge in [-0.3, -0.25) is 0 Å². The van der Waals surface area contributed by atoms with Crippen molar-refractivity contribution in [2.45, 2.75) is 0 Å². The number of ether oxygens (including phenoxy) is 1. The second kappa shape index (κ2) is 4.13. The van der Waals surface area contributed by atoms with Gasteiger partial charge >= 0.3 is 0 Å². The predicted molar refractivity (Wildman–Crippen MR) is 48.4 cm³/mol. The van der Waals surface area contributed by atoms with E-state index in [1.165, 1.54) is 18.2 Å². The van der Waals surface area contributed by atoms with E-state index in [4.69, 9.17) is 11.2 Å². The molecule has 0 aliphatic carbocycles. The number of halogens is 2. The van der Waals surface area contributed by atoms with Crippen LogP contribution in [0.3, 0.4) is 0 Å². The van der Waals surface area contributed by atoms with Crippen LogP contribution in [0, 0.1) is 18.2 Å². The van der Waals surface area contributed by atoms with Crippen LogP contribution in [-0.4, -0.2) is 6.61 Å². The van der Waals surface area contributed by atoms with Crippen molar-refractivity contribution in [3.8, 4) is 18.1 Å². The highest BCUT2D eigenvalue weighted by molar-refractivity contribution is 9.10. The van der Waals surface area contributed by atoms with Crippen molar-refractivity contribution in [3.63, 3.8) is 0 Å². The Morgan fingerprint density at radius 1 is 1.58 bits per heavy atom. The molecule has 1 nitrogen and oxygen atoms in total. The Kier molecular flexibility index (Phi) is 3.12. The van der Waals surface area contributed by atoms with Gasteiger partial charge in [-0.15, -0.1) is 6.42 Å². The molecule has 0 saturated heterocycles. The van der Waals surface area contributed by atoms with E-state index < -0.39 is 0 Å². The molecule has 0 aliphatic rings. The molecule has 0 amide bonds. The van der Waals surface area contributed by atoms with E-state index >= 15 is 0 Å². The molecule has 0 atom stereocenters. The van der Waals surface area contributed by atoms with Crippen molar-refractivity contribution in [2.75, 3.05) is 6.61 Å². The van der Waals surface area contributed by atoms with Gasteiger partial charge in [-0.25, -0.2) is 4.39 Å². The molecule has 0 radical (unpaired) electrons. The van der Waals surface area contributed by atoms with Crippen LogP contribution in [0.2, 0.25) is 0 Å². The minimum Gasteiger partial charge on any atom is -0.480 e. The molecule has 0 fully saturated rings. The fourth-order valence-corrected chi connectivity index (χ4v) is 1.18. The first-order valence-electron chi connectivity index (χ1n) is 3.25. The number of benzene rings is 1. The van der Waals surface area contributed by atoms with Crippen LogP contribution < -0.4 is 4.74 Å². The lowest BCUT2D eigenvalue weighted by Crippen LogP contribution is -1.94. The van der Waals surface area contributed by atoms with Crippen LogP contribution in [-0.2, 0) is 0 Å². The summed E-state index contributed by atoms with van der Waals surface area (Å²) >= 11 is 3.14. The Labute approximate surface area is 78.7 Å². The molecule has 1 aromatic rings. The lowest BCUT2D eigenvalue weighted by atomic mass is 10.3. The molecule has 0 N–H and O–H groups in total. The van der Waals surface area contributed by atoms with E-state index in [9.17, 15) is 4.39 Å². The Bertz CT molecular complexity index is 317. The third-order valence-corrected chi connectivity index (χ3v) is 1.82. The first kappa shape index (κ1) is 9.08. The molecule has 62 valence electrons. The van der Waals surface area contributed by atoms with E-state index in [1.807, 2.05) is 0 Å². The molecule has 1 rings (SSSR count). The fourth-order valence-electron chi connectivity index (χ4n) is 0.712. The molecule has 0 saturated carbocycles. The molecule has 0 aromatic heterocycles. The van der Waals surface area contributed by atoms with Crippen LogP contribution >= 0.6 is 15.9 Å². The van der Waals surface area contributed by atoms with E-state index in [1.54, 1.807) is 0 Å². The first-order chi connectivity index (χ1) is 5.74. The summed E-state index contributed by atoms with van der Waals surface area (Å²) in [7, 11) is 0. The van der Waals surface area contributed by atoms with E-state index in [0.717, 1.165) is 0 Å². The second-order valence-electron chi connectivity index (χ2n) is 2.07. The Hall–Kier alpha value is -1.01. The van der Waals surface area contributed by atoms with Crippen molar-refractivity contribution in [1.82, 2.24) is 0 Å². The number of hydrogen-bond donors (Lipinski definition) is 0. The Morgan fingerprint density at radius 3 is 2.92 bits per heavy atom. The monoisotopic (exact) mass is 228 g/mol. The summed E-state index contributed by atoms with van der Waals surface area (Å²) in [6, 6.07) is 4.17. The largest absolute Gasteiger partial charge is 0.480 e. The minimum absolute atomic E-state index is 0.185. The average molecular weight is 229 g/mol. The summed E-state index contributed by atoms with van der Waals surface area (Å²) < 4.78 is 18.2. The van der Waals surface area contributed by atoms with Gasteiger partial charge in [0.1, 0.15) is 18.2 Å². The van der Waals surface area contributed by atoms with Gasteiger partial charge < -0.3 is 4.74 Å². The lowest BCUT2D eigenvalue weighted by Gasteiger charge is -2.03. The number of terminal acetylenes is 1. The van der Waals surface area contributed by atoms with Gasteiger partial charge in [0.05, 0.1) is 4.47 Å². The molecule has 0 unspecified atom stereocenters. The molecule has 12 heavy (non-hydrogen) atoms. The quantitative estimate of drug-likeness (QED) is 0.708. The molecular weight excluding hydrogens is 223 g/mol. The zero-order valence-corrected chi connectivity index (χ0v) is 7.77. The highest BCUT2D eigenvalue weighted by Gasteiger charge is 2.00. The summed E-state index contributed by atoms with van der Waals surface area (Å²) in [6.07, 6.45) is 4.99. The van der Waals surface area contributed by atoms with Gasteiger partial charge in [0, 0.05) is 0 Å².